The fourth-order valence-electron chi connectivity index (χ4n) is 3.58. The Morgan fingerprint density at radius 2 is 1.77 bits per heavy atom. The molecule has 4 nitrogen and oxygen atoms in total. The minimum Gasteiger partial charge on any atom is -0.332 e. The van der Waals surface area contributed by atoms with E-state index < -0.39 is 15.7 Å². The molecule has 2 fully saturated rings. The highest BCUT2D eigenvalue weighted by Gasteiger charge is 2.39. The average molecular weight is 325 g/mol. The van der Waals surface area contributed by atoms with E-state index in [9.17, 15) is 17.6 Å². The van der Waals surface area contributed by atoms with Crippen molar-refractivity contribution in [2.75, 3.05) is 11.5 Å². The molecule has 1 atom stereocenters. The molecule has 0 bridgehead atoms. The lowest BCUT2D eigenvalue weighted by Crippen LogP contribution is -2.47. The first-order valence-electron chi connectivity index (χ1n) is 7.75. The molecule has 0 spiro atoms. The van der Waals surface area contributed by atoms with Gasteiger partial charge in [-0.25, -0.2) is 12.8 Å². The maximum absolute atomic E-state index is 14.0. The minimum atomic E-state index is -3.08. The van der Waals surface area contributed by atoms with Gasteiger partial charge in [0.15, 0.2) is 9.84 Å². The van der Waals surface area contributed by atoms with Crippen molar-refractivity contribution >= 4 is 15.7 Å². The van der Waals surface area contributed by atoms with Crippen LogP contribution in [0.2, 0.25) is 0 Å². The maximum atomic E-state index is 14.0. The zero-order valence-corrected chi connectivity index (χ0v) is 13.2. The number of halogens is 1. The predicted molar refractivity (Wildman–Crippen MR) is 81.9 cm³/mol. The molecule has 22 heavy (non-hydrogen) atoms. The molecule has 0 radical (unpaired) electrons. The summed E-state index contributed by atoms with van der Waals surface area (Å²) in [5, 5.41) is 0. The van der Waals surface area contributed by atoms with Crippen molar-refractivity contribution in [1.29, 1.82) is 0 Å². The molecule has 1 aliphatic heterocycles. The SMILES string of the molecule is O=C(c1ccccc1F)N(C1CCCC1)C1CCS(=O)(=O)C1. The second kappa shape index (κ2) is 5.99. The Hall–Kier alpha value is -1.43. The van der Waals surface area contributed by atoms with Crippen LogP contribution in [0.1, 0.15) is 42.5 Å². The molecular weight excluding hydrogens is 305 g/mol. The monoisotopic (exact) mass is 325 g/mol. The number of carbonyl (C=O) groups is 1. The molecule has 1 unspecified atom stereocenters. The summed E-state index contributed by atoms with van der Waals surface area (Å²) in [7, 11) is -3.08. The van der Waals surface area contributed by atoms with Crippen LogP contribution in [0.4, 0.5) is 4.39 Å². The number of nitrogens with zero attached hydrogens (tertiary/aromatic N) is 1. The van der Waals surface area contributed by atoms with Gasteiger partial charge in [0.1, 0.15) is 5.82 Å². The number of hydrogen-bond donors (Lipinski definition) is 0. The van der Waals surface area contributed by atoms with Crippen molar-refractivity contribution in [2.24, 2.45) is 0 Å². The standard InChI is InChI=1S/C16H20FNO3S/c17-15-8-4-3-7-14(15)16(19)18(12-5-1-2-6-12)13-9-10-22(20,21)11-13/h3-4,7-8,12-13H,1-2,5-6,9-11H2. The summed E-state index contributed by atoms with van der Waals surface area (Å²) in [5.74, 6) is -0.793. The fourth-order valence-corrected chi connectivity index (χ4v) is 5.29. The normalized spacial score (nSPS) is 24.5. The zero-order valence-electron chi connectivity index (χ0n) is 12.4. The molecule has 1 aliphatic carbocycles. The lowest BCUT2D eigenvalue weighted by molar-refractivity contribution is 0.0596. The number of sulfone groups is 1. The third-order valence-electron chi connectivity index (χ3n) is 4.66. The lowest BCUT2D eigenvalue weighted by atomic mass is 10.1. The molecule has 1 aromatic carbocycles. The number of amides is 1. The van der Waals surface area contributed by atoms with Crippen molar-refractivity contribution in [2.45, 2.75) is 44.2 Å². The van der Waals surface area contributed by atoms with E-state index in [1.165, 1.54) is 12.1 Å². The van der Waals surface area contributed by atoms with Crippen molar-refractivity contribution in [3.8, 4) is 0 Å². The van der Waals surface area contributed by atoms with Gasteiger partial charge in [-0.05, 0) is 31.4 Å². The Labute approximate surface area is 130 Å². The molecule has 3 rings (SSSR count). The first-order chi connectivity index (χ1) is 10.5. The molecule has 1 aromatic rings. The van der Waals surface area contributed by atoms with E-state index >= 15 is 0 Å². The van der Waals surface area contributed by atoms with Crippen molar-refractivity contribution < 1.29 is 17.6 Å². The largest absolute Gasteiger partial charge is 0.332 e. The van der Waals surface area contributed by atoms with Crippen LogP contribution in [0.3, 0.4) is 0 Å². The first-order valence-corrected chi connectivity index (χ1v) is 9.58. The molecule has 1 saturated carbocycles. The van der Waals surface area contributed by atoms with Crippen molar-refractivity contribution in [3.05, 3.63) is 35.6 Å². The van der Waals surface area contributed by atoms with Gasteiger partial charge < -0.3 is 4.90 Å². The molecule has 0 aromatic heterocycles. The van der Waals surface area contributed by atoms with E-state index in [1.54, 1.807) is 17.0 Å². The summed E-state index contributed by atoms with van der Waals surface area (Å²) in [4.78, 5) is 14.5. The van der Waals surface area contributed by atoms with Crippen LogP contribution in [-0.4, -0.2) is 42.8 Å². The summed E-state index contributed by atoms with van der Waals surface area (Å²) in [5.41, 5.74) is 0.0405. The highest BCUT2D eigenvalue weighted by molar-refractivity contribution is 7.91. The quantitative estimate of drug-likeness (QED) is 0.857. The number of rotatable bonds is 3. The Morgan fingerprint density at radius 3 is 2.36 bits per heavy atom. The summed E-state index contributed by atoms with van der Waals surface area (Å²) >= 11 is 0. The van der Waals surface area contributed by atoms with E-state index in [1.807, 2.05) is 0 Å². The summed E-state index contributed by atoms with van der Waals surface area (Å²) < 4.78 is 37.5. The Kier molecular flexibility index (Phi) is 4.21. The summed E-state index contributed by atoms with van der Waals surface area (Å²) in [6.45, 7) is 0. The highest BCUT2D eigenvalue weighted by atomic mass is 32.2. The van der Waals surface area contributed by atoms with Crippen molar-refractivity contribution in [3.63, 3.8) is 0 Å². The minimum absolute atomic E-state index is 0.00366. The van der Waals surface area contributed by atoms with Crippen LogP contribution in [0.5, 0.6) is 0 Å². The van der Waals surface area contributed by atoms with Gasteiger partial charge in [-0.2, -0.15) is 0 Å². The summed E-state index contributed by atoms with van der Waals surface area (Å²) in [6, 6.07) is 5.64. The van der Waals surface area contributed by atoms with Crippen LogP contribution < -0.4 is 0 Å². The van der Waals surface area contributed by atoms with Crippen LogP contribution in [0, 0.1) is 5.82 Å². The Morgan fingerprint density at radius 1 is 1.09 bits per heavy atom. The first kappa shape index (κ1) is 15.5. The smallest absolute Gasteiger partial charge is 0.257 e. The van der Waals surface area contributed by atoms with E-state index in [4.69, 9.17) is 0 Å². The van der Waals surface area contributed by atoms with E-state index in [0.29, 0.717) is 6.42 Å². The van der Waals surface area contributed by atoms with Crippen LogP contribution >= 0.6 is 0 Å². The molecule has 2 aliphatic rings. The number of benzene rings is 1. The third-order valence-corrected chi connectivity index (χ3v) is 6.41. The van der Waals surface area contributed by atoms with Crippen LogP contribution in [0.25, 0.3) is 0 Å². The molecule has 120 valence electrons. The molecule has 6 heteroatoms. The van der Waals surface area contributed by atoms with Gasteiger partial charge in [0.2, 0.25) is 0 Å². The molecule has 0 N–H and O–H groups in total. The van der Waals surface area contributed by atoms with Gasteiger partial charge >= 0.3 is 0 Å². The van der Waals surface area contributed by atoms with Crippen LogP contribution in [-0.2, 0) is 9.84 Å². The highest BCUT2D eigenvalue weighted by Crippen LogP contribution is 2.30. The van der Waals surface area contributed by atoms with E-state index in [-0.39, 0.29) is 35.1 Å². The van der Waals surface area contributed by atoms with Gasteiger partial charge in [-0.3, -0.25) is 4.79 Å². The number of hydrogen-bond acceptors (Lipinski definition) is 3. The molecule has 1 amide bonds. The third kappa shape index (κ3) is 3.02. The van der Waals surface area contributed by atoms with Gasteiger partial charge in [0, 0.05) is 12.1 Å². The Balaban J connectivity index is 1.92. The number of carbonyl (C=O) groups excluding carboxylic acids is 1. The summed E-state index contributed by atoms with van der Waals surface area (Å²) in [6.07, 6.45) is 4.27. The lowest BCUT2D eigenvalue weighted by Gasteiger charge is -2.34. The maximum Gasteiger partial charge on any atom is 0.257 e. The zero-order chi connectivity index (χ0) is 15.7. The van der Waals surface area contributed by atoms with Gasteiger partial charge in [0.05, 0.1) is 17.1 Å². The van der Waals surface area contributed by atoms with Gasteiger partial charge in [-0.15, -0.1) is 0 Å². The Bertz CT molecular complexity index is 668. The predicted octanol–water partition coefficient (Wildman–Crippen LogP) is 2.40. The second-order valence-corrected chi connectivity index (χ2v) is 8.42. The van der Waals surface area contributed by atoms with Crippen molar-refractivity contribution in [1.82, 2.24) is 4.90 Å². The fraction of sp³-hybridized carbons (Fsp3) is 0.562. The molecular formula is C16H20FNO3S. The topological polar surface area (TPSA) is 54.5 Å². The van der Waals surface area contributed by atoms with Gasteiger partial charge in [-0.1, -0.05) is 25.0 Å². The molecule has 1 saturated heterocycles. The molecule has 1 heterocycles. The second-order valence-electron chi connectivity index (χ2n) is 6.19. The van der Waals surface area contributed by atoms with Crippen LogP contribution in [0.15, 0.2) is 24.3 Å². The van der Waals surface area contributed by atoms with E-state index in [0.717, 1.165) is 25.7 Å². The average Bonchev–Trinajstić information content (AvgIpc) is 3.10. The van der Waals surface area contributed by atoms with E-state index in [2.05, 4.69) is 0 Å². The van der Waals surface area contributed by atoms with Gasteiger partial charge in [0.25, 0.3) is 5.91 Å².